The summed E-state index contributed by atoms with van der Waals surface area (Å²) < 4.78 is 5.36. The Hall–Kier alpha value is -1.09. The molecule has 0 radical (unpaired) electrons. The zero-order valence-electron chi connectivity index (χ0n) is 12.0. The quantitative estimate of drug-likeness (QED) is 0.585. The minimum absolute atomic E-state index is 0.277. The standard InChI is InChI=1S/C16H21BrO2/c1-12(8-9-17)10-13-6-5-7-14(11-13)15(18)19-16(2,3)4/h5-7,10-11H,8-9H2,1-4H3/b12-10+. The number of hydrogen-bond acceptors (Lipinski definition) is 2. The molecule has 0 heterocycles. The summed E-state index contributed by atoms with van der Waals surface area (Å²) in [5, 5.41) is 0.946. The van der Waals surface area contributed by atoms with Crippen molar-refractivity contribution in [3.63, 3.8) is 0 Å². The number of esters is 1. The van der Waals surface area contributed by atoms with Crippen molar-refractivity contribution in [2.24, 2.45) is 0 Å². The number of allylic oxidation sites excluding steroid dienone is 1. The first kappa shape index (κ1) is 16.0. The molecule has 0 atom stereocenters. The van der Waals surface area contributed by atoms with Crippen molar-refractivity contribution in [1.29, 1.82) is 0 Å². The number of alkyl halides is 1. The van der Waals surface area contributed by atoms with Crippen LogP contribution in [-0.2, 0) is 4.74 Å². The molecule has 0 unspecified atom stereocenters. The highest BCUT2D eigenvalue weighted by atomic mass is 79.9. The third-order valence-corrected chi connectivity index (χ3v) is 2.82. The Kier molecular flexibility index (Phi) is 5.80. The van der Waals surface area contributed by atoms with E-state index in [1.807, 2.05) is 39.0 Å². The van der Waals surface area contributed by atoms with E-state index in [4.69, 9.17) is 4.74 Å². The van der Waals surface area contributed by atoms with Gasteiger partial charge in [-0.3, -0.25) is 0 Å². The Morgan fingerprint density at radius 3 is 2.63 bits per heavy atom. The van der Waals surface area contributed by atoms with E-state index < -0.39 is 5.60 Å². The first-order chi connectivity index (χ1) is 8.81. The van der Waals surface area contributed by atoms with Gasteiger partial charge < -0.3 is 4.74 Å². The maximum absolute atomic E-state index is 12.0. The lowest BCUT2D eigenvalue weighted by atomic mass is 10.1. The summed E-state index contributed by atoms with van der Waals surface area (Å²) in [6.45, 7) is 7.69. The zero-order valence-corrected chi connectivity index (χ0v) is 13.6. The summed E-state index contributed by atoms with van der Waals surface area (Å²) in [6.07, 6.45) is 3.09. The van der Waals surface area contributed by atoms with Crippen molar-refractivity contribution in [2.45, 2.75) is 39.7 Å². The second-order valence-electron chi connectivity index (χ2n) is 5.56. The Bertz CT molecular complexity index is 470. The van der Waals surface area contributed by atoms with Gasteiger partial charge in [0, 0.05) is 5.33 Å². The average Bonchev–Trinajstić information content (AvgIpc) is 2.27. The first-order valence-corrected chi connectivity index (χ1v) is 7.50. The topological polar surface area (TPSA) is 26.3 Å². The highest BCUT2D eigenvalue weighted by molar-refractivity contribution is 9.09. The Morgan fingerprint density at radius 2 is 2.05 bits per heavy atom. The smallest absolute Gasteiger partial charge is 0.338 e. The normalized spacial score (nSPS) is 12.4. The molecule has 0 aliphatic heterocycles. The number of hydrogen-bond donors (Lipinski definition) is 0. The summed E-state index contributed by atoms with van der Waals surface area (Å²) in [5.74, 6) is -0.277. The Labute approximate surface area is 124 Å². The van der Waals surface area contributed by atoms with Crippen molar-refractivity contribution in [1.82, 2.24) is 0 Å². The third kappa shape index (κ3) is 6.06. The van der Waals surface area contributed by atoms with E-state index in [0.717, 1.165) is 17.3 Å². The second-order valence-corrected chi connectivity index (χ2v) is 6.35. The van der Waals surface area contributed by atoms with Crippen LogP contribution >= 0.6 is 15.9 Å². The number of carbonyl (C=O) groups is 1. The predicted octanol–water partition coefficient (Wildman–Crippen LogP) is 4.83. The van der Waals surface area contributed by atoms with Crippen LogP contribution in [0.1, 0.15) is 50.0 Å². The molecule has 19 heavy (non-hydrogen) atoms. The van der Waals surface area contributed by atoms with Gasteiger partial charge in [0.05, 0.1) is 5.56 Å². The van der Waals surface area contributed by atoms with Gasteiger partial charge in [-0.05, 0) is 51.8 Å². The maximum atomic E-state index is 12.0. The molecule has 0 spiro atoms. The van der Waals surface area contributed by atoms with E-state index in [-0.39, 0.29) is 5.97 Å². The van der Waals surface area contributed by atoms with E-state index in [0.29, 0.717) is 5.56 Å². The highest BCUT2D eigenvalue weighted by Crippen LogP contribution is 2.16. The van der Waals surface area contributed by atoms with Crippen molar-refractivity contribution < 1.29 is 9.53 Å². The van der Waals surface area contributed by atoms with Gasteiger partial charge in [-0.1, -0.05) is 39.7 Å². The molecule has 0 amide bonds. The van der Waals surface area contributed by atoms with E-state index >= 15 is 0 Å². The first-order valence-electron chi connectivity index (χ1n) is 6.38. The van der Waals surface area contributed by atoms with Gasteiger partial charge in [-0.2, -0.15) is 0 Å². The maximum Gasteiger partial charge on any atom is 0.338 e. The van der Waals surface area contributed by atoms with Crippen molar-refractivity contribution in [3.8, 4) is 0 Å². The summed E-state index contributed by atoms with van der Waals surface area (Å²) >= 11 is 3.42. The van der Waals surface area contributed by atoms with E-state index in [1.54, 1.807) is 6.07 Å². The minimum Gasteiger partial charge on any atom is -0.456 e. The molecule has 0 saturated heterocycles. The van der Waals surface area contributed by atoms with Gasteiger partial charge in [-0.25, -0.2) is 4.79 Å². The molecule has 0 aliphatic carbocycles. The van der Waals surface area contributed by atoms with Crippen LogP contribution in [0, 0.1) is 0 Å². The summed E-state index contributed by atoms with van der Waals surface area (Å²) in [7, 11) is 0. The van der Waals surface area contributed by atoms with Crippen molar-refractivity contribution in [3.05, 3.63) is 41.0 Å². The number of halogens is 1. The zero-order chi connectivity index (χ0) is 14.5. The van der Waals surface area contributed by atoms with Gasteiger partial charge in [-0.15, -0.1) is 0 Å². The van der Waals surface area contributed by atoms with E-state index in [1.165, 1.54) is 5.57 Å². The Balaban J connectivity index is 2.88. The SMILES string of the molecule is C/C(=C\c1cccc(C(=O)OC(C)(C)C)c1)CCBr. The van der Waals surface area contributed by atoms with Crippen LogP contribution in [0.15, 0.2) is 29.8 Å². The van der Waals surface area contributed by atoms with Crippen LogP contribution in [0.4, 0.5) is 0 Å². The number of benzene rings is 1. The highest BCUT2D eigenvalue weighted by Gasteiger charge is 2.17. The lowest BCUT2D eigenvalue weighted by molar-refractivity contribution is 0.00695. The lowest BCUT2D eigenvalue weighted by Gasteiger charge is -2.19. The number of ether oxygens (including phenoxy) is 1. The molecule has 1 rings (SSSR count). The molecule has 2 nitrogen and oxygen atoms in total. The van der Waals surface area contributed by atoms with Gasteiger partial charge in [0.1, 0.15) is 5.60 Å². The molecule has 0 N–H and O–H groups in total. The van der Waals surface area contributed by atoms with Gasteiger partial charge in [0.2, 0.25) is 0 Å². The van der Waals surface area contributed by atoms with Crippen LogP contribution < -0.4 is 0 Å². The number of carbonyl (C=O) groups excluding carboxylic acids is 1. The summed E-state index contributed by atoms with van der Waals surface area (Å²) in [4.78, 5) is 12.0. The molecule has 1 aromatic rings. The van der Waals surface area contributed by atoms with Crippen LogP contribution in [0.3, 0.4) is 0 Å². The number of rotatable bonds is 4. The van der Waals surface area contributed by atoms with Crippen molar-refractivity contribution >= 4 is 28.0 Å². The molecule has 0 aliphatic rings. The minimum atomic E-state index is -0.463. The van der Waals surface area contributed by atoms with E-state index in [9.17, 15) is 4.79 Å². The van der Waals surface area contributed by atoms with Crippen molar-refractivity contribution in [2.75, 3.05) is 5.33 Å². The van der Waals surface area contributed by atoms with E-state index in [2.05, 4.69) is 28.9 Å². The van der Waals surface area contributed by atoms with Gasteiger partial charge in [0.15, 0.2) is 0 Å². The molecule has 0 fully saturated rings. The van der Waals surface area contributed by atoms with Crippen LogP contribution in [0.2, 0.25) is 0 Å². The molecular formula is C16H21BrO2. The summed E-state index contributed by atoms with van der Waals surface area (Å²) in [6, 6.07) is 7.52. The molecule has 0 saturated carbocycles. The Morgan fingerprint density at radius 1 is 1.37 bits per heavy atom. The molecule has 1 aromatic carbocycles. The molecule has 0 bridgehead atoms. The fourth-order valence-corrected chi connectivity index (χ4v) is 2.22. The fourth-order valence-electron chi connectivity index (χ4n) is 1.60. The summed E-state index contributed by atoms with van der Waals surface area (Å²) in [5.41, 5.74) is 2.43. The molecular weight excluding hydrogens is 304 g/mol. The third-order valence-electron chi connectivity index (χ3n) is 2.42. The molecule has 3 heteroatoms. The second kappa shape index (κ2) is 6.90. The van der Waals surface area contributed by atoms with Crippen LogP contribution in [0.5, 0.6) is 0 Å². The lowest BCUT2D eigenvalue weighted by Crippen LogP contribution is -2.23. The monoisotopic (exact) mass is 324 g/mol. The van der Waals surface area contributed by atoms with Crippen LogP contribution in [0.25, 0.3) is 6.08 Å². The van der Waals surface area contributed by atoms with Gasteiger partial charge >= 0.3 is 5.97 Å². The van der Waals surface area contributed by atoms with Gasteiger partial charge in [0.25, 0.3) is 0 Å². The predicted molar refractivity (Wildman–Crippen MR) is 83.7 cm³/mol. The molecule has 104 valence electrons. The fraction of sp³-hybridized carbons (Fsp3) is 0.438. The largest absolute Gasteiger partial charge is 0.456 e. The van der Waals surface area contributed by atoms with Crippen LogP contribution in [-0.4, -0.2) is 16.9 Å². The molecule has 0 aromatic heterocycles. The average molecular weight is 325 g/mol.